The molecule has 2 aromatic rings. The number of rotatable bonds is 0. The zero-order valence-electron chi connectivity index (χ0n) is 6.89. The molecule has 1 aromatic heterocycles. The molecular weight excluding hydrogens is 254 g/mol. The Kier molecular flexibility index (Phi) is 2.11. The van der Waals surface area contributed by atoms with Gasteiger partial charge in [-0.15, -0.1) is 0 Å². The Bertz CT molecular complexity index is 514. The van der Waals surface area contributed by atoms with Gasteiger partial charge in [0, 0.05) is 5.39 Å². The van der Waals surface area contributed by atoms with Gasteiger partial charge < -0.3 is 5.73 Å². The molecule has 0 radical (unpaired) electrons. The molecule has 0 unspecified atom stereocenters. The predicted molar refractivity (Wildman–Crippen MR) is 53.8 cm³/mol. The van der Waals surface area contributed by atoms with E-state index in [1.54, 1.807) is 0 Å². The molecule has 0 fully saturated rings. The van der Waals surface area contributed by atoms with Crippen LogP contribution in [0.25, 0.3) is 10.9 Å². The summed E-state index contributed by atoms with van der Waals surface area (Å²) in [6, 6.07) is 2.40. The number of nitrogens with zero attached hydrogens (tertiary/aromatic N) is 1. The quantitative estimate of drug-likeness (QED) is 0.739. The van der Waals surface area contributed by atoms with E-state index in [1.807, 2.05) is 0 Å². The largest absolute Gasteiger partial charge is 0.397 e. The van der Waals surface area contributed by atoms with E-state index < -0.39 is 11.6 Å². The Morgan fingerprint density at radius 1 is 1.29 bits per heavy atom. The van der Waals surface area contributed by atoms with Crippen LogP contribution in [-0.4, -0.2) is 4.98 Å². The van der Waals surface area contributed by atoms with Crippen molar-refractivity contribution in [2.45, 2.75) is 0 Å². The van der Waals surface area contributed by atoms with Gasteiger partial charge in [-0.25, -0.2) is 8.78 Å². The Morgan fingerprint density at radius 2 is 2.00 bits per heavy atom. The molecule has 0 aliphatic carbocycles. The number of halogens is 3. The fourth-order valence-electron chi connectivity index (χ4n) is 1.21. The number of fused-ring (bicyclic) bond motifs is 1. The molecule has 0 aliphatic heterocycles. The van der Waals surface area contributed by atoms with Crippen molar-refractivity contribution >= 4 is 32.5 Å². The lowest BCUT2D eigenvalue weighted by molar-refractivity contribution is 0.610. The molecule has 0 amide bonds. The van der Waals surface area contributed by atoms with Crippen molar-refractivity contribution in [2.24, 2.45) is 0 Å². The fourth-order valence-corrected chi connectivity index (χ4v) is 1.62. The summed E-state index contributed by atoms with van der Waals surface area (Å²) in [6.07, 6.45) is 1.29. The highest BCUT2D eigenvalue weighted by atomic mass is 79.9. The van der Waals surface area contributed by atoms with Crippen LogP contribution in [0.15, 0.2) is 22.8 Å². The van der Waals surface area contributed by atoms with Crippen molar-refractivity contribution in [3.05, 3.63) is 34.4 Å². The summed E-state index contributed by atoms with van der Waals surface area (Å²) in [5.74, 6) is -1.13. The standard InChI is InChI=1S/C9H5BrF2N2/c10-6-2-7(11)9-5(8(6)12)1-4(13)3-14-9/h1-3H,13H2. The highest BCUT2D eigenvalue weighted by Crippen LogP contribution is 2.27. The number of pyridine rings is 1. The van der Waals surface area contributed by atoms with Gasteiger partial charge in [-0.3, -0.25) is 4.98 Å². The number of benzene rings is 1. The van der Waals surface area contributed by atoms with Crippen molar-refractivity contribution in [3.63, 3.8) is 0 Å². The van der Waals surface area contributed by atoms with Crippen molar-refractivity contribution in [1.29, 1.82) is 0 Å². The van der Waals surface area contributed by atoms with Gasteiger partial charge in [-0.2, -0.15) is 0 Å². The summed E-state index contributed by atoms with van der Waals surface area (Å²) >= 11 is 2.91. The summed E-state index contributed by atoms with van der Waals surface area (Å²) in [5.41, 5.74) is 5.71. The van der Waals surface area contributed by atoms with Crippen molar-refractivity contribution in [2.75, 3.05) is 5.73 Å². The zero-order valence-corrected chi connectivity index (χ0v) is 8.48. The lowest BCUT2D eigenvalue weighted by Gasteiger charge is -2.03. The minimum absolute atomic E-state index is 0.0140. The smallest absolute Gasteiger partial charge is 0.150 e. The van der Waals surface area contributed by atoms with Gasteiger partial charge in [-0.1, -0.05) is 0 Å². The topological polar surface area (TPSA) is 38.9 Å². The highest BCUT2D eigenvalue weighted by molar-refractivity contribution is 9.10. The van der Waals surface area contributed by atoms with Crippen LogP contribution in [0.3, 0.4) is 0 Å². The van der Waals surface area contributed by atoms with Crippen LogP contribution in [0, 0.1) is 11.6 Å². The second-order valence-electron chi connectivity index (χ2n) is 2.82. The highest BCUT2D eigenvalue weighted by Gasteiger charge is 2.11. The number of hydrogen-bond donors (Lipinski definition) is 1. The monoisotopic (exact) mass is 258 g/mol. The van der Waals surface area contributed by atoms with Crippen molar-refractivity contribution in [3.8, 4) is 0 Å². The van der Waals surface area contributed by atoms with E-state index >= 15 is 0 Å². The summed E-state index contributed by atoms with van der Waals surface area (Å²) in [5, 5.41) is 0.0804. The second kappa shape index (κ2) is 3.16. The Balaban J connectivity index is 2.95. The van der Waals surface area contributed by atoms with E-state index in [0.717, 1.165) is 6.07 Å². The third kappa shape index (κ3) is 1.33. The molecule has 2 rings (SSSR count). The molecule has 0 saturated carbocycles. The van der Waals surface area contributed by atoms with E-state index in [9.17, 15) is 8.78 Å². The first-order chi connectivity index (χ1) is 6.59. The molecule has 5 heteroatoms. The van der Waals surface area contributed by atoms with Crippen LogP contribution in [0.5, 0.6) is 0 Å². The van der Waals surface area contributed by atoms with E-state index in [1.165, 1.54) is 12.3 Å². The van der Waals surface area contributed by atoms with Crippen LogP contribution in [0.2, 0.25) is 0 Å². The Morgan fingerprint density at radius 3 is 2.71 bits per heavy atom. The third-order valence-corrected chi connectivity index (χ3v) is 2.41. The maximum Gasteiger partial charge on any atom is 0.150 e. The molecule has 2 nitrogen and oxygen atoms in total. The number of aromatic nitrogens is 1. The summed E-state index contributed by atoms with van der Waals surface area (Å²) in [6.45, 7) is 0. The Hall–Kier alpha value is -1.23. The number of hydrogen-bond acceptors (Lipinski definition) is 2. The predicted octanol–water partition coefficient (Wildman–Crippen LogP) is 2.86. The normalized spacial score (nSPS) is 10.8. The lowest BCUT2D eigenvalue weighted by Crippen LogP contribution is -1.93. The van der Waals surface area contributed by atoms with Crippen LogP contribution < -0.4 is 5.73 Å². The van der Waals surface area contributed by atoms with E-state index in [2.05, 4.69) is 20.9 Å². The van der Waals surface area contributed by atoms with Gasteiger partial charge in [0.25, 0.3) is 0 Å². The van der Waals surface area contributed by atoms with Crippen LogP contribution >= 0.6 is 15.9 Å². The third-order valence-electron chi connectivity index (χ3n) is 1.83. The van der Waals surface area contributed by atoms with Gasteiger partial charge in [-0.05, 0) is 28.1 Å². The van der Waals surface area contributed by atoms with Gasteiger partial charge in [0.15, 0.2) is 5.82 Å². The first-order valence-corrected chi connectivity index (χ1v) is 4.57. The molecule has 14 heavy (non-hydrogen) atoms. The van der Waals surface area contributed by atoms with Gasteiger partial charge in [0.05, 0.1) is 16.4 Å². The molecule has 0 saturated heterocycles. The maximum atomic E-state index is 13.4. The minimum Gasteiger partial charge on any atom is -0.397 e. The molecule has 1 heterocycles. The van der Waals surface area contributed by atoms with Crippen LogP contribution in [0.1, 0.15) is 0 Å². The fraction of sp³-hybridized carbons (Fsp3) is 0. The lowest BCUT2D eigenvalue weighted by atomic mass is 10.2. The van der Waals surface area contributed by atoms with E-state index in [0.29, 0.717) is 5.69 Å². The molecule has 2 N–H and O–H groups in total. The van der Waals surface area contributed by atoms with Crippen LogP contribution in [-0.2, 0) is 0 Å². The van der Waals surface area contributed by atoms with Crippen LogP contribution in [0.4, 0.5) is 14.5 Å². The molecule has 0 spiro atoms. The zero-order chi connectivity index (χ0) is 10.3. The SMILES string of the molecule is Nc1cnc2c(F)cc(Br)c(F)c2c1. The first-order valence-electron chi connectivity index (χ1n) is 3.78. The van der Waals surface area contributed by atoms with Gasteiger partial charge in [0.2, 0.25) is 0 Å². The summed E-state index contributed by atoms with van der Waals surface area (Å²) in [4.78, 5) is 3.72. The average Bonchev–Trinajstić information content (AvgIpc) is 2.14. The van der Waals surface area contributed by atoms with Crippen molar-refractivity contribution in [1.82, 2.24) is 4.98 Å². The number of anilines is 1. The summed E-state index contributed by atoms with van der Waals surface area (Å²) < 4.78 is 26.8. The Labute approximate surface area is 86.9 Å². The average molecular weight is 259 g/mol. The maximum absolute atomic E-state index is 13.4. The van der Waals surface area contributed by atoms with Gasteiger partial charge in [0.1, 0.15) is 11.3 Å². The first kappa shape index (κ1) is 9.33. The molecule has 0 aliphatic rings. The van der Waals surface area contributed by atoms with Crippen molar-refractivity contribution < 1.29 is 8.78 Å². The molecule has 0 bridgehead atoms. The summed E-state index contributed by atoms with van der Waals surface area (Å²) in [7, 11) is 0. The molecule has 1 aromatic carbocycles. The van der Waals surface area contributed by atoms with E-state index in [4.69, 9.17) is 5.73 Å². The number of nitrogens with two attached hydrogens (primary N) is 1. The van der Waals surface area contributed by atoms with Gasteiger partial charge >= 0.3 is 0 Å². The molecule has 72 valence electrons. The minimum atomic E-state index is -0.576. The molecule has 0 atom stereocenters. The van der Waals surface area contributed by atoms with E-state index in [-0.39, 0.29) is 15.4 Å². The molecular formula is C9H5BrF2N2. The second-order valence-corrected chi connectivity index (χ2v) is 3.67. The number of nitrogen functional groups attached to an aromatic ring is 1.